The van der Waals surface area contributed by atoms with Gasteiger partial charge in [0, 0.05) is 0 Å². The molecule has 1 aromatic rings. The lowest BCUT2D eigenvalue weighted by Gasteiger charge is -2.20. The molecule has 1 aromatic carbocycles. The molecule has 1 heteroatoms. The first-order chi connectivity index (χ1) is 8.88. The Morgan fingerprint density at radius 2 is 1.84 bits per heavy atom. The third-order valence-corrected chi connectivity index (χ3v) is 4.64. The minimum atomic E-state index is 0.255. The third-order valence-electron chi connectivity index (χ3n) is 4.64. The van der Waals surface area contributed by atoms with Crippen LogP contribution in [0.4, 0.5) is 0 Å². The fourth-order valence-corrected chi connectivity index (χ4v) is 2.91. The van der Waals surface area contributed by atoms with Gasteiger partial charge >= 0.3 is 0 Å². The van der Waals surface area contributed by atoms with Crippen molar-refractivity contribution in [3.63, 3.8) is 0 Å². The van der Waals surface area contributed by atoms with Gasteiger partial charge in [-0.15, -0.1) is 0 Å². The lowest BCUT2D eigenvalue weighted by atomic mass is 9.85. The number of hydrogen-bond donors (Lipinski definition) is 1. The van der Waals surface area contributed by atoms with Crippen LogP contribution < -0.4 is 5.32 Å². The zero-order valence-electron chi connectivity index (χ0n) is 13.2. The van der Waals surface area contributed by atoms with Gasteiger partial charge < -0.3 is 5.32 Å². The summed E-state index contributed by atoms with van der Waals surface area (Å²) >= 11 is 0. The zero-order chi connectivity index (χ0) is 14.1. The SMILES string of the molecule is CCCNCC1CC1(C)c1ccc(C(C)(C)C)cc1. The van der Waals surface area contributed by atoms with E-state index in [1.54, 1.807) is 0 Å². The fraction of sp³-hybridized carbons (Fsp3) is 0.667. The largest absolute Gasteiger partial charge is 0.316 e. The Labute approximate surface area is 118 Å². The van der Waals surface area contributed by atoms with E-state index in [0.29, 0.717) is 5.41 Å². The molecule has 0 heterocycles. The molecule has 0 spiro atoms. The van der Waals surface area contributed by atoms with Crippen molar-refractivity contribution in [2.75, 3.05) is 13.1 Å². The van der Waals surface area contributed by atoms with Crippen LogP contribution in [0.2, 0.25) is 0 Å². The standard InChI is InChI=1S/C18H29N/c1-6-11-19-13-16-12-18(16,5)15-9-7-14(8-10-15)17(2,3)4/h7-10,16,19H,6,11-13H2,1-5H3. The molecule has 1 nitrogen and oxygen atoms in total. The fourth-order valence-electron chi connectivity index (χ4n) is 2.91. The van der Waals surface area contributed by atoms with Gasteiger partial charge in [0.15, 0.2) is 0 Å². The lowest BCUT2D eigenvalue weighted by molar-refractivity contribution is 0.572. The molecule has 1 saturated carbocycles. The maximum Gasteiger partial charge on any atom is -0.00118 e. The van der Waals surface area contributed by atoms with Crippen molar-refractivity contribution in [3.8, 4) is 0 Å². The molecule has 0 aliphatic heterocycles. The van der Waals surface area contributed by atoms with Gasteiger partial charge in [0.2, 0.25) is 0 Å². The third kappa shape index (κ3) is 3.20. The highest BCUT2D eigenvalue weighted by molar-refractivity contribution is 5.36. The van der Waals surface area contributed by atoms with E-state index >= 15 is 0 Å². The van der Waals surface area contributed by atoms with Crippen LogP contribution in [0, 0.1) is 5.92 Å². The molecule has 106 valence electrons. The topological polar surface area (TPSA) is 12.0 Å². The van der Waals surface area contributed by atoms with Gasteiger partial charge in [-0.05, 0) is 53.8 Å². The number of nitrogens with one attached hydrogen (secondary N) is 1. The van der Waals surface area contributed by atoms with Crippen molar-refractivity contribution in [2.24, 2.45) is 5.92 Å². The quantitative estimate of drug-likeness (QED) is 0.779. The smallest absolute Gasteiger partial charge is 0.00118 e. The predicted molar refractivity (Wildman–Crippen MR) is 83.8 cm³/mol. The van der Waals surface area contributed by atoms with Crippen molar-refractivity contribution in [1.29, 1.82) is 0 Å². The number of hydrogen-bond acceptors (Lipinski definition) is 1. The van der Waals surface area contributed by atoms with Crippen LogP contribution in [0.5, 0.6) is 0 Å². The Morgan fingerprint density at radius 1 is 1.21 bits per heavy atom. The second kappa shape index (κ2) is 5.28. The first kappa shape index (κ1) is 14.6. The average Bonchev–Trinajstić information content (AvgIpc) is 3.01. The summed E-state index contributed by atoms with van der Waals surface area (Å²) < 4.78 is 0. The van der Waals surface area contributed by atoms with Crippen molar-refractivity contribution >= 4 is 0 Å². The number of rotatable bonds is 5. The van der Waals surface area contributed by atoms with Gasteiger partial charge in [-0.25, -0.2) is 0 Å². The van der Waals surface area contributed by atoms with Crippen LogP contribution in [-0.4, -0.2) is 13.1 Å². The molecule has 0 radical (unpaired) electrons. The van der Waals surface area contributed by atoms with E-state index in [-0.39, 0.29) is 5.41 Å². The summed E-state index contributed by atoms with van der Waals surface area (Å²) in [5, 5.41) is 3.56. The molecule has 1 N–H and O–H groups in total. The highest BCUT2D eigenvalue weighted by Gasteiger charge is 2.50. The van der Waals surface area contributed by atoms with Crippen molar-refractivity contribution in [3.05, 3.63) is 35.4 Å². The van der Waals surface area contributed by atoms with E-state index in [9.17, 15) is 0 Å². The summed E-state index contributed by atoms with van der Waals surface area (Å²) in [6.45, 7) is 13.8. The predicted octanol–water partition coefficient (Wildman–Crippen LogP) is 4.26. The monoisotopic (exact) mass is 259 g/mol. The van der Waals surface area contributed by atoms with E-state index < -0.39 is 0 Å². The van der Waals surface area contributed by atoms with Gasteiger partial charge in [0.25, 0.3) is 0 Å². The molecule has 0 saturated heterocycles. The Bertz CT molecular complexity index is 412. The molecule has 1 aliphatic rings. The second-order valence-corrected chi connectivity index (χ2v) is 7.35. The molecule has 19 heavy (non-hydrogen) atoms. The van der Waals surface area contributed by atoms with Crippen LogP contribution in [0.15, 0.2) is 24.3 Å². The van der Waals surface area contributed by atoms with Crippen molar-refractivity contribution in [1.82, 2.24) is 5.32 Å². The minimum Gasteiger partial charge on any atom is -0.316 e. The Balaban J connectivity index is 2.00. The van der Waals surface area contributed by atoms with Crippen LogP contribution in [0.3, 0.4) is 0 Å². The molecule has 0 amide bonds. The number of benzene rings is 1. The van der Waals surface area contributed by atoms with E-state index in [2.05, 4.69) is 64.2 Å². The Hall–Kier alpha value is -0.820. The highest BCUT2D eigenvalue weighted by Crippen LogP contribution is 2.53. The Morgan fingerprint density at radius 3 is 2.37 bits per heavy atom. The maximum absolute atomic E-state index is 3.56. The first-order valence-electron chi connectivity index (χ1n) is 7.69. The highest BCUT2D eigenvalue weighted by atomic mass is 14.9. The zero-order valence-corrected chi connectivity index (χ0v) is 13.2. The van der Waals surface area contributed by atoms with E-state index in [4.69, 9.17) is 0 Å². The van der Waals surface area contributed by atoms with Crippen molar-refractivity contribution < 1.29 is 0 Å². The van der Waals surface area contributed by atoms with Gasteiger partial charge in [0.05, 0.1) is 0 Å². The second-order valence-electron chi connectivity index (χ2n) is 7.35. The molecule has 0 bridgehead atoms. The summed E-state index contributed by atoms with van der Waals surface area (Å²) in [5.41, 5.74) is 3.62. The molecular formula is C18H29N. The lowest BCUT2D eigenvalue weighted by Crippen LogP contribution is -2.21. The van der Waals surface area contributed by atoms with Crippen LogP contribution in [-0.2, 0) is 10.8 Å². The van der Waals surface area contributed by atoms with Gasteiger partial charge in [0.1, 0.15) is 0 Å². The summed E-state index contributed by atoms with van der Waals surface area (Å²) in [6, 6.07) is 9.33. The Kier molecular flexibility index (Phi) is 4.06. The molecule has 2 atom stereocenters. The van der Waals surface area contributed by atoms with E-state index in [0.717, 1.165) is 12.5 Å². The first-order valence-corrected chi connectivity index (χ1v) is 7.69. The van der Waals surface area contributed by atoms with Gasteiger partial charge in [-0.1, -0.05) is 58.9 Å². The molecule has 2 unspecified atom stereocenters. The van der Waals surface area contributed by atoms with Crippen LogP contribution >= 0.6 is 0 Å². The summed E-state index contributed by atoms with van der Waals surface area (Å²) in [6.07, 6.45) is 2.56. The van der Waals surface area contributed by atoms with E-state index in [1.807, 2.05) is 0 Å². The molecular weight excluding hydrogens is 230 g/mol. The minimum absolute atomic E-state index is 0.255. The average molecular weight is 259 g/mol. The molecule has 1 aliphatic carbocycles. The van der Waals surface area contributed by atoms with Crippen molar-refractivity contribution in [2.45, 2.75) is 58.3 Å². The molecule has 0 aromatic heterocycles. The molecule has 1 fully saturated rings. The van der Waals surface area contributed by atoms with Crippen LogP contribution in [0.1, 0.15) is 58.6 Å². The van der Waals surface area contributed by atoms with E-state index in [1.165, 1.54) is 30.5 Å². The molecule has 2 rings (SSSR count). The summed E-state index contributed by atoms with van der Waals surface area (Å²) in [4.78, 5) is 0. The normalized spacial score (nSPS) is 26.5. The van der Waals surface area contributed by atoms with Gasteiger partial charge in [-0.3, -0.25) is 0 Å². The summed E-state index contributed by atoms with van der Waals surface area (Å²) in [7, 11) is 0. The van der Waals surface area contributed by atoms with Gasteiger partial charge in [-0.2, -0.15) is 0 Å². The summed E-state index contributed by atoms with van der Waals surface area (Å²) in [5.74, 6) is 0.819. The van der Waals surface area contributed by atoms with Crippen LogP contribution in [0.25, 0.3) is 0 Å². The maximum atomic E-state index is 3.56.